The maximum absolute atomic E-state index is 11.3. The second kappa shape index (κ2) is 3.61. The Kier molecular flexibility index (Phi) is 2.28. The zero-order valence-electron chi connectivity index (χ0n) is 8.04. The molecule has 7 nitrogen and oxygen atoms in total. The molecule has 1 aromatic carbocycles. The molecule has 0 aliphatic carbocycles. The SMILES string of the molecule is O=C1CC(=O)N(c2ccc([N+](=O)[O-])cc2)N1. The minimum absolute atomic E-state index is 0.0678. The van der Waals surface area contributed by atoms with Crippen LogP contribution in [-0.4, -0.2) is 16.7 Å². The van der Waals surface area contributed by atoms with E-state index >= 15 is 0 Å². The molecule has 82 valence electrons. The number of nitrogens with one attached hydrogen (secondary N) is 1. The molecule has 1 aliphatic rings. The summed E-state index contributed by atoms with van der Waals surface area (Å²) >= 11 is 0. The van der Waals surface area contributed by atoms with Crippen molar-refractivity contribution >= 4 is 23.2 Å². The van der Waals surface area contributed by atoms with Crippen LogP contribution in [0.1, 0.15) is 6.42 Å². The van der Waals surface area contributed by atoms with E-state index < -0.39 is 4.92 Å². The number of nitro groups is 1. The lowest BCUT2D eigenvalue weighted by molar-refractivity contribution is -0.384. The van der Waals surface area contributed by atoms with E-state index in [1.807, 2.05) is 0 Å². The van der Waals surface area contributed by atoms with Crippen LogP contribution < -0.4 is 10.4 Å². The number of non-ortho nitro benzene ring substituents is 1. The van der Waals surface area contributed by atoms with Crippen molar-refractivity contribution in [1.82, 2.24) is 5.43 Å². The van der Waals surface area contributed by atoms with E-state index in [1.165, 1.54) is 24.3 Å². The van der Waals surface area contributed by atoms with Crippen molar-refractivity contribution in [3.05, 3.63) is 34.4 Å². The Morgan fingerprint density at radius 2 is 1.88 bits per heavy atom. The summed E-state index contributed by atoms with van der Waals surface area (Å²) in [5.41, 5.74) is 2.68. The van der Waals surface area contributed by atoms with E-state index in [-0.39, 0.29) is 23.9 Å². The lowest BCUT2D eigenvalue weighted by Crippen LogP contribution is -2.35. The summed E-state index contributed by atoms with van der Waals surface area (Å²) in [7, 11) is 0. The molecule has 1 N–H and O–H groups in total. The van der Waals surface area contributed by atoms with Crippen molar-refractivity contribution in [2.75, 3.05) is 5.01 Å². The molecule has 2 amide bonds. The summed E-state index contributed by atoms with van der Waals surface area (Å²) in [5.74, 6) is -0.762. The van der Waals surface area contributed by atoms with Gasteiger partial charge in [-0.1, -0.05) is 0 Å². The highest BCUT2D eigenvalue weighted by molar-refractivity contribution is 6.11. The van der Waals surface area contributed by atoms with Crippen LogP contribution in [0.2, 0.25) is 0 Å². The summed E-state index contributed by atoms with van der Waals surface area (Å²) < 4.78 is 0. The quantitative estimate of drug-likeness (QED) is 0.443. The minimum atomic E-state index is -0.534. The van der Waals surface area contributed by atoms with Gasteiger partial charge in [-0.15, -0.1) is 0 Å². The van der Waals surface area contributed by atoms with Gasteiger partial charge >= 0.3 is 0 Å². The molecule has 16 heavy (non-hydrogen) atoms. The summed E-state index contributed by atoms with van der Waals surface area (Å²) in [4.78, 5) is 32.1. The van der Waals surface area contributed by atoms with Crippen molar-refractivity contribution in [3.8, 4) is 0 Å². The van der Waals surface area contributed by atoms with Gasteiger partial charge < -0.3 is 0 Å². The van der Waals surface area contributed by atoms with E-state index in [2.05, 4.69) is 5.43 Å². The summed E-state index contributed by atoms with van der Waals surface area (Å²) in [6.45, 7) is 0. The molecular formula is C9H7N3O4. The molecule has 1 heterocycles. The fourth-order valence-corrected chi connectivity index (χ4v) is 1.37. The number of anilines is 1. The number of carbonyl (C=O) groups is 2. The van der Waals surface area contributed by atoms with Gasteiger partial charge in [0.05, 0.1) is 10.6 Å². The zero-order chi connectivity index (χ0) is 11.7. The minimum Gasteiger partial charge on any atom is -0.273 e. The molecule has 0 atom stereocenters. The Bertz CT molecular complexity index is 468. The van der Waals surface area contributed by atoms with Crippen LogP contribution in [0.4, 0.5) is 11.4 Å². The second-order valence-electron chi connectivity index (χ2n) is 3.21. The van der Waals surface area contributed by atoms with E-state index in [4.69, 9.17) is 0 Å². The molecule has 0 aromatic heterocycles. The average molecular weight is 221 g/mol. The van der Waals surface area contributed by atoms with Gasteiger partial charge in [-0.05, 0) is 12.1 Å². The third-order valence-corrected chi connectivity index (χ3v) is 2.12. The Hall–Kier alpha value is -2.44. The highest BCUT2D eigenvalue weighted by atomic mass is 16.6. The largest absolute Gasteiger partial charge is 0.273 e. The normalized spacial score (nSPS) is 15.1. The second-order valence-corrected chi connectivity index (χ2v) is 3.21. The van der Waals surface area contributed by atoms with Crippen LogP contribution in [0.25, 0.3) is 0 Å². The summed E-state index contributed by atoms with van der Waals surface area (Å²) in [5, 5.41) is 11.5. The number of hydrogen-bond donors (Lipinski definition) is 1. The Morgan fingerprint density at radius 3 is 2.31 bits per heavy atom. The maximum Gasteiger partial charge on any atom is 0.269 e. The van der Waals surface area contributed by atoms with Crippen LogP contribution in [0.3, 0.4) is 0 Å². The first-order chi connectivity index (χ1) is 7.58. The van der Waals surface area contributed by atoms with E-state index in [9.17, 15) is 19.7 Å². The van der Waals surface area contributed by atoms with Crippen molar-refractivity contribution in [1.29, 1.82) is 0 Å². The van der Waals surface area contributed by atoms with Crippen molar-refractivity contribution in [3.63, 3.8) is 0 Å². The fourth-order valence-electron chi connectivity index (χ4n) is 1.37. The van der Waals surface area contributed by atoms with Crippen molar-refractivity contribution < 1.29 is 14.5 Å². The molecule has 0 unspecified atom stereocenters. The molecule has 1 saturated heterocycles. The number of amides is 2. The van der Waals surface area contributed by atoms with Gasteiger partial charge in [0.15, 0.2) is 0 Å². The van der Waals surface area contributed by atoms with Crippen molar-refractivity contribution in [2.45, 2.75) is 6.42 Å². The van der Waals surface area contributed by atoms with Crippen LogP contribution in [0.15, 0.2) is 24.3 Å². The van der Waals surface area contributed by atoms with Crippen molar-refractivity contribution in [2.24, 2.45) is 0 Å². The number of rotatable bonds is 2. The smallest absolute Gasteiger partial charge is 0.269 e. The Labute approximate surface area is 89.8 Å². The first-order valence-corrected chi connectivity index (χ1v) is 4.45. The monoisotopic (exact) mass is 221 g/mol. The van der Waals surface area contributed by atoms with E-state index in [1.54, 1.807) is 0 Å². The van der Waals surface area contributed by atoms with Gasteiger partial charge in [0.25, 0.3) is 11.6 Å². The molecule has 0 spiro atoms. The van der Waals surface area contributed by atoms with Gasteiger partial charge in [-0.3, -0.25) is 25.1 Å². The topological polar surface area (TPSA) is 92.5 Å². The van der Waals surface area contributed by atoms with E-state index in [0.717, 1.165) is 5.01 Å². The Balaban J connectivity index is 2.25. The molecule has 1 aromatic rings. The Morgan fingerprint density at radius 1 is 1.25 bits per heavy atom. The lowest BCUT2D eigenvalue weighted by Gasteiger charge is -2.14. The van der Waals surface area contributed by atoms with Gasteiger partial charge in [0.2, 0.25) is 5.91 Å². The lowest BCUT2D eigenvalue weighted by atomic mass is 10.3. The van der Waals surface area contributed by atoms with Crippen LogP contribution in [0.5, 0.6) is 0 Å². The van der Waals surface area contributed by atoms with Crippen LogP contribution >= 0.6 is 0 Å². The summed E-state index contributed by atoms with van der Waals surface area (Å²) in [6, 6.07) is 5.35. The average Bonchev–Trinajstić information content (AvgIpc) is 2.58. The third-order valence-electron chi connectivity index (χ3n) is 2.12. The number of nitro benzene ring substituents is 1. The predicted molar refractivity (Wildman–Crippen MR) is 53.3 cm³/mol. The molecular weight excluding hydrogens is 214 g/mol. The number of carbonyl (C=O) groups excluding carboxylic acids is 2. The zero-order valence-corrected chi connectivity index (χ0v) is 8.04. The first kappa shape index (κ1) is 10.1. The van der Waals surface area contributed by atoms with Crippen LogP contribution in [-0.2, 0) is 9.59 Å². The highest BCUT2D eigenvalue weighted by Gasteiger charge is 2.28. The molecule has 7 heteroatoms. The van der Waals surface area contributed by atoms with E-state index in [0.29, 0.717) is 5.69 Å². The third kappa shape index (κ3) is 1.70. The van der Waals surface area contributed by atoms with Crippen LogP contribution in [0, 0.1) is 10.1 Å². The highest BCUT2D eigenvalue weighted by Crippen LogP contribution is 2.20. The number of hydrogen-bond acceptors (Lipinski definition) is 4. The van der Waals surface area contributed by atoms with Gasteiger partial charge in [-0.25, -0.2) is 5.01 Å². The van der Waals surface area contributed by atoms with Gasteiger partial charge in [0, 0.05) is 12.1 Å². The molecule has 1 aliphatic heterocycles. The first-order valence-electron chi connectivity index (χ1n) is 4.45. The number of nitrogens with zero attached hydrogens (tertiary/aromatic N) is 2. The standard InChI is InChI=1S/C9H7N3O4/c13-8-5-9(14)11(10-8)6-1-3-7(4-2-6)12(15)16/h1-4H,5H2,(H,10,13). The molecule has 1 fully saturated rings. The number of hydrazine groups is 1. The number of benzene rings is 1. The molecule has 0 saturated carbocycles. The molecule has 2 rings (SSSR count). The maximum atomic E-state index is 11.3. The van der Waals surface area contributed by atoms with Gasteiger partial charge in [-0.2, -0.15) is 0 Å². The predicted octanol–water partition coefficient (Wildman–Crippen LogP) is 0.363. The molecule has 0 bridgehead atoms. The molecule has 0 radical (unpaired) electrons. The van der Waals surface area contributed by atoms with Gasteiger partial charge in [0.1, 0.15) is 6.42 Å². The summed E-state index contributed by atoms with van der Waals surface area (Å²) in [6.07, 6.45) is -0.197. The fraction of sp³-hybridized carbons (Fsp3) is 0.111.